The maximum absolute atomic E-state index is 10.9. The summed E-state index contributed by atoms with van der Waals surface area (Å²) >= 11 is 0. The topological polar surface area (TPSA) is 41.1 Å². The fraction of sp³-hybridized carbons (Fsp3) is 0.917. The first-order valence-electron chi connectivity index (χ1n) is 6.22. The number of carbonyl (C=O) groups is 1. The predicted molar refractivity (Wildman–Crippen MR) is 64.9 cm³/mol. The van der Waals surface area contributed by atoms with Gasteiger partial charge in [-0.15, -0.1) is 0 Å². The van der Waals surface area contributed by atoms with Gasteiger partial charge < -0.3 is 10.6 Å². The zero-order valence-corrected chi connectivity index (χ0v) is 10.3. The Labute approximate surface area is 94.0 Å². The summed E-state index contributed by atoms with van der Waals surface area (Å²) in [5, 5.41) is 5.89. The largest absolute Gasteiger partial charge is 0.359 e. The fourth-order valence-corrected chi connectivity index (χ4v) is 1.48. The Bertz CT molecular complexity index is 149. The summed E-state index contributed by atoms with van der Waals surface area (Å²) in [4.78, 5) is 10.9. The molecule has 90 valence electrons. The van der Waals surface area contributed by atoms with E-state index in [0.717, 1.165) is 13.1 Å². The molecule has 0 radical (unpaired) electrons. The van der Waals surface area contributed by atoms with Crippen LogP contribution in [0.2, 0.25) is 0 Å². The van der Waals surface area contributed by atoms with Gasteiger partial charge in [0, 0.05) is 20.0 Å². The number of carbonyl (C=O) groups excluding carboxylic acids is 1. The number of hydrogen-bond donors (Lipinski definition) is 2. The molecule has 0 rings (SSSR count). The third-order valence-electron chi connectivity index (χ3n) is 2.51. The van der Waals surface area contributed by atoms with Crippen LogP contribution in [-0.4, -0.2) is 26.0 Å². The molecule has 0 saturated heterocycles. The minimum Gasteiger partial charge on any atom is -0.359 e. The highest BCUT2D eigenvalue weighted by Crippen LogP contribution is 2.03. The summed E-state index contributed by atoms with van der Waals surface area (Å²) in [6.45, 7) is 4.08. The second-order valence-corrected chi connectivity index (χ2v) is 3.94. The molecule has 3 nitrogen and oxygen atoms in total. The van der Waals surface area contributed by atoms with Gasteiger partial charge in [0.1, 0.15) is 0 Å². The second-order valence-electron chi connectivity index (χ2n) is 3.94. The van der Waals surface area contributed by atoms with Gasteiger partial charge in [0.2, 0.25) is 5.91 Å². The van der Waals surface area contributed by atoms with Crippen LogP contribution < -0.4 is 10.6 Å². The van der Waals surface area contributed by atoms with Crippen LogP contribution in [-0.2, 0) is 4.79 Å². The van der Waals surface area contributed by atoms with E-state index in [2.05, 4.69) is 17.6 Å². The van der Waals surface area contributed by atoms with Gasteiger partial charge in [-0.1, -0.05) is 39.0 Å². The summed E-state index contributed by atoms with van der Waals surface area (Å²) in [6, 6.07) is 0. The monoisotopic (exact) mass is 214 g/mol. The Morgan fingerprint density at radius 1 is 1.00 bits per heavy atom. The maximum Gasteiger partial charge on any atom is 0.221 e. The molecule has 0 aromatic heterocycles. The zero-order valence-electron chi connectivity index (χ0n) is 10.3. The van der Waals surface area contributed by atoms with E-state index in [1.54, 1.807) is 7.05 Å². The van der Waals surface area contributed by atoms with E-state index < -0.39 is 0 Å². The van der Waals surface area contributed by atoms with Gasteiger partial charge in [-0.05, 0) is 13.0 Å². The van der Waals surface area contributed by atoms with E-state index >= 15 is 0 Å². The molecule has 0 aliphatic heterocycles. The smallest absolute Gasteiger partial charge is 0.221 e. The van der Waals surface area contributed by atoms with Crippen molar-refractivity contribution < 1.29 is 4.79 Å². The van der Waals surface area contributed by atoms with Crippen molar-refractivity contribution >= 4 is 5.91 Å². The van der Waals surface area contributed by atoms with Gasteiger partial charge in [-0.3, -0.25) is 4.79 Å². The Hall–Kier alpha value is -0.570. The van der Waals surface area contributed by atoms with Crippen molar-refractivity contribution in [1.29, 1.82) is 0 Å². The molecule has 0 atom stereocenters. The van der Waals surface area contributed by atoms with E-state index in [9.17, 15) is 4.79 Å². The van der Waals surface area contributed by atoms with E-state index in [-0.39, 0.29) is 5.91 Å². The molecular weight excluding hydrogens is 188 g/mol. The predicted octanol–water partition coefficient (Wildman–Crippen LogP) is 2.07. The molecule has 0 heterocycles. The molecule has 0 spiro atoms. The van der Waals surface area contributed by atoms with Gasteiger partial charge in [0.05, 0.1) is 0 Å². The molecule has 2 N–H and O–H groups in total. The van der Waals surface area contributed by atoms with Crippen LogP contribution in [0.25, 0.3) is 0 Å². The summed E-state index contributed by atoms with van der Waals surface area (Å²) in [6.07, 6.45) is 8.53. The molecule has 0 unspecified atom stereocenters. The van der Waals surface area contributed by atoms with E-state index in [1.807, 2.05) is 0 Å². The van der Waals surface area contributed by atoms with E-state index in [4.69, 9.17) is 0 Å². The molecule has 1 amide bonds. The molecule has 0 fully saturated rings. The molecule has 15 heavy (non-hydrogen) atoms. The average Bonchev–Trinajstić information content (AvgIpc) is 2.26. The Kier molecular flexibility index (Phi) is 11.1. The molecule has 0 bridgehead atoms. The van der Waals surface area contributed by atoms with Crippen LogP contribution in [0.1, 0.15) is 51.9 Å². The zero-order chi connectivity index (χ0) is 11.4. The van der Waals surface area contributed by atoms with Crippen molar-refractivity contribution in [3.63, 3.8) is 0 Å². The fourth-order valence-electron chi connectivity index (χ4n) is 1.48. The Morgan fingerprint density at radius 2 is 1.67 bits per heavy atom. The molecule has 3 heteroatoms. The molecule has 0 aliphatic carbocycles. The van der Waals surface area contributed by atoms with Crippen LogP contribution in [0, 0.1) is 0 Å². The van der Waals surface area contributed by atoms with Gasteiger partial charge in [-0.2, -0.15) is 0 Å². The van der Waals surface area contributed by atoms with Gasteiger partial charge in [0.25, 0.3) is 0 Å². The van der Waals surface area contributed by atoms with Crippen molar-refractivity contribution in [2.75, 3.05) is 20.1 Å². The summed E-state index contributed by atoms with van der Waals surface area (Å²) in [5.41, 5.74) is 0. The van der Waals surface area contributed by atoms with Gasteiger partial charge in [0.15, 0.2) is 0 Å². The van der Waals surface area contributed by atoms with Crippen LogP contribution in [0.15, 0.2) is 0 Å². The molecule has 0 saturated carbocycles. The lowest BCUT2D eigenvalue weighted by atomic mass is 10.1. The number of unbranched alkanes of at least 4 members (excludes halogenated alkanes) is 5. The SMILES string of the molecule is CCCCCCCCNCCC(=O)NC. The normalized spacial score (nSPS) is 10.3. The van der Waals surface area contributed by atoms with Gasteiger partial charge in [-0.25, -0.2) is 0 Å². The molecule has 0 aliphatic rings. The highest BCUT2D eigenvalue weighted by Gasteiger charge is 1.95. The quantitative estimate of drug-likeness (QED) is 0.547. The van der Waals surface area contributed by atoms with Crippen molar-refractivity contribution in [1.82, 2.24) is 10.6 Å². The number of nitrogens with one attached hydrogen (secondary N) is 2. The maximum atomic E-state index is 10.9. The minimum atomic E-state index is 0.116. The first-order valence-corrected chi connectivity index (χ1v) is 6.22. The third-order valence-corrected chi connectivity index (χ3v) is 2.51. The Morgan fingerprint density at radius 3 is 2.33 bits per heavy atom. The van der Waals surface area contributed by atoms with Crippen molar-refractivity contribution in [2.24, 2.45) is 0 Å². The summed E-state index contributed by atoms with van der Waals surface area (Å²) < 4.78 is 0. The first-order chi connectivity index (χ1) is 7.31. The van der Waals surface area contributed by atoms with Crippen molar-refractivity contribution in [3.05, 3.63) is 0 Å². The van der Waals surface area contributed by atoms with Crippen LogP contribution in [0.5, 0.6) is 0 Å². The lowest BCUT2D eigenvalue weighted by Gasteiger charge is -2.04. The highest BCUT2D eigenvalue weighted by atomic mass is 16.1. The van der Waals surface area contributed by atoms with Gasteiger partial charge >= 0.3 is 0 Å². The molecule has 0 aromatic carbocycles. The lowest BCUT2D eigenvalue weighted by molar-refractivity contribution is -0.120. The highest BCUT2D eigenvalue weighted by molar-refractivity contribution is 5.75. The van der Waals surface area contributed by atoms with Crippen LogP contribution in [0.3, 0.4) is 0 Å². The Balaban J connectivity index is 2.95. The minimum absolute atomic E-state index is 0.116. The van der Waals surface area contributed by atoms with Crippen molar-refractivity contribution in [3.8, 4) is 0 Å². The lowest BCUT2D eigenvalue weighted by Crippen LogP contribution is -2.25. The van der Waals surface area contributed by atoms with Crippen molar-refractivity contribution in [2.45, 2.75) is 51.9 Å². The van der Waals surface area contributed by atoms with E-state index in [1.165, 1.54) is 38.5 Å². The number of rotatable bonds is 10. The number of hydrogen-bond acceptors (Lipinski definition) is 2. The number of amides is 1. The first kappa shape index (κ1) is 14.4. The average molecular weight is 214 g/mol. The van der Waals surface area contributed by atoms with E-state index in [0.29, 0.717) is 6.42 Å². The summed E-state index contributed by atoms with van der Waals surface area (Å²) in [5.74, 6) is 0.116. The molecular formula is C12H26N2O. The van der Waals surface area contributed by atoms with Crippen LogP contribution >= 0.6 is 0 Å². The second kappa shape index (κ2) is 11.5. The molecule has 0 aromatic rings. The standard InChI is InChI=1S/C12H26N2O/c1-3-4-5-6-7-8-10-14-11-9-12(15)13-2/h14H,3-11H2,1-2H3,(H,13,15). The third kappa shape index (κ3) is 11.4. The summed E-state index contributed by atoms with van der Waals surface area (Å²) in [7, 11) is 1.68. The van der Waals surface area contributed by atoms with Crippen LogP contribution in [0.4, 0.5) is 0 Å².